The van der Waals surface area contributed by atoms with Crippen molar-refractivity contribution >= 4 is 60.5 Å². The van der Waals surface area contributed by atoms with Gasteiger partial charge in [-0.05, 0) is 53.3 Å². The second kappa shape index (κ2) is 6.70. The highest BCUT2D eigenvalue weighted by molar-refractivity contribution is 14.1. The number of hydrogen-bond acceptors (Lipinski definition) is 5. The fourth-order valence-electron chi connectivity index (χ4n) is 2.44. The lowest BCUT2D eigenvalue weighted by molar-refractivity contribution is 0.484. The topological polar surface area (TPSA) is 105 Å². The molecular formula is C17H14IN3O3S. The Labute approximate surface area is 158 Å². The third-order valence-electron chi connectivity index (χ3n) is 3.74. The first-order valence-electron chi connectivity index (χ1n) is 7.24. The number of aryl methyl sites for hydroxylation is 1. The van der Waals surface area contributed by atoms with E-state index in [2.05, 4.69) is 32.8 Å². The SMILES string of the molecule is Cc1ccc(I)cc1N=Nc1cc(S(=O)(=O)O)c2ccccc2c1N. The lowest BCUT2D eigenvalue weighted by atomic mass is 10.1. The van der Waals surface area contributed by atoms with Crippen LogP contribution in [0.5, 0.6) is 0 Å². The molecule has 0 aromatic heterocycles. The van der Waals surface area contributed by atoms with Gasteiger partial charge in [0.25, 0.3) is 10.1 Å². The van der Waals surface area contributed by atoms with E-state index in [9.17, 15) is 13.0 Å². The summed E-state index contributed by atoms with van der Waals surface area (Å²) in [5, 5.41) is 9.15. The van der Waals surface area contributed by atoms with Crippen molar-refractivity contribution in [3.05, 3.63) is 57.7 Å². The maximum Gasteiger partial charge on any atom is 0.295 e. The second-order valence-electron chi connectivity index (χ2n) is 5.46. The first-order valence-corrected chi connectivity index (χ1v) is 9.76. The van der Waals surface area contributed by atoms with E-state index in [-0.39, 0.29) is 10.6 Å². The third-order valence-corrected chi connectivity index (χ3v) is 5.31. The van der Waals surface area contributed by atoms with Crippen LogP contribution in [0.1, 0.15) is 5.56 Å². The normalized spacial score (nSPS) is 12.1. The zero-order valence-electron chi connectivity index (χ0n) is 13.1. The summed E-state index contributed by atoms with van der Waals surface area (Å²) in [6, 6.07) is 13.6. The van der Waals surface area contributed by atoms with Gasteiger partial charge in [0.2, 0.25) is 0 Å². The highest BCUT2D eigenvalue weighted by Crippen LogP contribution is 2.37. The van der Waals surface area contributed by atoms with Crippen molar-refractivity contribution < 1.29 is 13.0 Å². The summed E-state index contributed by atoms with van der Waals surface area (Å²) in [6.45, 7) is 1.90. The highest BCUT2D eigenvalue weighted by Gasteiger charge is 2.18. The number of hydrogen-bond donors (Lipinski definition) is 2. The lowest BCUT2D eigenvalue weighted by Gasteiger charge is -2.09. The van der Waals surface area contributed by atoms with E-state index < -0.39 is 10.1 Å². The minimum Gasteiger partial charge on any atom is -0.396 e. The van der Waals surface area contributed by atoms with Crippen molar-refractivity contribution in [1.29, 1.82) is 0 Å². The molecule has 25 heavy (non-hydrogen) atoms. The molecule has 0 spiro atoms. The molecule has 3 N–H and O–H groups in total. The Kier molecular flexibility index (Phi) is 4.76. The molecule has 0 heterocycles. The fraction of sp³-hybridized carbons (Fsp3) is 0.0588. The van der Waals surface area contributed by atoms with Crippen LogP contribution in [0.2, 0.25) is 0 Å². The van der Waals surface area contributed by atoms with Gasteiger partial charge in [-0.2, -0.15) is 13.5 Å². The van der Waals surface area contributed by atoms with E-state index in [1.54, 1.807) is 24.3 Å². The number of nitrogens with two attached hydrogens (primary N) is 1. The number of fused-ring (bicyclic) bond motifs is 1. The lowest BCUT2D eigenvalue weighted by Crippen LogP contribution is -2.01. The number of rotatable bonds is 3. The second-order valence-corrected chi connectivity index (χ2v) is 8.09. The monoisotopic (exact) mass is 467 g/mol. The molecular weight excluding hydrogens is 453 g/mol. The molecule has 0 amide bonds. The van der Waals surface area contributed by atoms with Crippen LogP contribution in [-0.2, 0) is 10.1 Å². The van der Waals surface area contributed by atoms with Gasteiger partial charge in [0.1, 0.15) is 10.6 Å². The van der Waals surface area contributed by atoms with E-state index in [0.717, 1.165) is 9.13 Å². The zero-order valence-corrected chi connectivity index (χ0v) is 16.1. The van der Waals surface area contributed by atoms with Crippen molar-refractivity contribution in [3.63, 3.8) is 0 Å². The first kappa shape index (κ1) is 17.8. The first-order chi connectivity index (χ1) is 11.8. The molecule has 0 bridgehead atoms. The molecule has 3 aromatic rings. The summed E-state index contributed by atoms with van der Waals surface area (Å²) in [7, 11) is -4.42. The average Bonchev–Trinajstić information content (AvgIpc) is 2.56. The molecule has 0 atom stereocenters. The van der Waals surface area contributed by atoms with E-state index in [4.69, 9.17) is 5.73 Å². The Morgan fingerprint density at radius 2 is 1.64 bits per heavy atom. The van der Waals surface area contributed by atoms with Crippen molar-refractivity contribution in [1.82, 2.24) is 0 Å². The number of halogens is 1. The van der Waals surface area contributed by atoms with Crippen LogP contribution in [0.4, 0.5) is 17.1 Å². The highest BCUT2D eigenvalue weighted by atomic mass is 127. The Morgan fingerprint density at radius 1 is 1.00 bits per heavy atom. The van der Waals surface area contributed by atoms with Crippen molar-refractivity contribution in [3.8, 4) is 0 Å². The maximum absolute atomic E-state index is 11.7. The number of benzene rings is 3. The van der Waals surface area contributed by atoms with E-state index in [1.165, 1.54) is 6.07 Å². The third kappa shape index (κ3) is 3.65. The van der Waals surface area contributed by atoms with Crippen LogP contribution in [0.15, 0.2) is 63.7 Å². The number of nitrogen functional groups attached to an aromatic ring is 1. The van der Waals surface area contributed by atoms with Gasteiger partial charge < -0.3 is 5.73 Å². The molecule has 128 valence electrons. The molecule has 0 aliphatic carbocycles. The molecule has 0 saturated carbocycles. The quantitative estimate of drug-likeness (QED) is 0.245. The largest absolute Gasteiger partial charge is 0.396 e. The summed E-state index contributed by atoms with van der Waals surface area (Å²) in [6.07, 6.45) is 0. The zero-order chi connectivity index (χ0) is 18.2. The van der Waals surface area contributed by atoms with Gasteiger partial charge in [0.15, 0.2) is 0 Å². The molecule has 0 unspecified atom stereocenters. The van der Waals surface area contributed by atoms with Crippen LogP contribution in [0, 0.1) is 10.5 Å². The molecule has 0 saturated heterocycles. The van der Waals surface area contributed by atoms with Crippen LogP contribution in [0.25, 0.3) is 10.8 Å². The smallest absolute Gasteiger partial charge is 0.295 e. The Balaban J connectivity index is 2.21. The van der Waals surface area contributed by atoms with Gasteiger partial charge in [0.05, 0.1) is 11.4 Å². The molecule has 0 aliphatic heterocycles. The summed E-state index contributed by atoms with van der Waals surface area (Å²) < 4.78 is 34.0. The number of anilines is 1. The molecule has 0 fully saturated rings. The van der Waals surface area contributed by atoms with Gasteiger partial charge in [0, 0.05) is 14.3 Å². The van der Waals surface area contributed by atoms with Crippen LogP contribution in [0.3, 0.4) is 0 Å². The molecule has 0 radical (unpaired) electrons. The maximum atomic E-state index is 11.7. The van der Waals surface area contributed by atoms with E-state index in [1.807, 2.05) is 25.1 Å². The van der Waals surface area contributed by atoms with Crippen molar-refractivity contribution in [2.45, 2.75) is 11.8 Å². The Hall–Kier alpha value is -2.04. The van der Waals surface area contributed by atoms with Crippen molar-refractivity contribution in [2.24, 2.45) is 10.2 Å². The van der Waals surface area contributed by atoms with Crippen LogP contribution in [-0.4, -0.2) is 13.0 Å². The molecule has 0 aliphatic rings. The minimum absolute atomic E-state index is 0.185. The van der Waals surface area contributed by atoms with Gasteiger partial charge >= 0.3 is 0 Å². The minimum atomic E-state index is -4.42. The van der Waals surface area contributed by atoms with Gasteiger partial charge in [-0.1, -0.05) is 30.3 Å². The number of azo groups is 1. The summed E-state index contributed by atoms with van der Waals surface area (Å²) >= 11 is 2.17. The standard InChI is InChI=1S/C17H14IN3O3S/c1-10-6-7-11(18)8-14(10)20-21-15-9-16(25(22,23)24)12-4-2-3-5-13(12)17(15)19/h2-9H,19H2,1H3,(H,22,23,24). The van der Waals surface area contributed by atoms with Crippen molar-refractivity contribution in [2.75, 3.05) is 5.73 Å². The molecule has 3 aromatic carbocycles. The molecule has 6 nitrogen and oxygen atoms in total. The Bertz CT molecular complexity index is 1110. The number of nitrogens with zero attached hydrogens (tertiary/aromatic N) is 2. The van der Waals surface area contributed by atoms with Gasteiger partial charge in [-0.15, -0.1) is 5.11 Å². The average molecular weight is 467 g/mol. The van der Waals surface area contributed by atoms with E-state index in [0.29, 0.717) is 22.1 Å². The predicted octanol–water partition coefficient (Wildman–Crippen LogP) is 5.00. The summed E-state index contributed by atoms with van der Waals surface area (Å²) in [4.78, 5) is -0.245. The van der Waals surface area contributed by atoms with Crippen LogP contribution < -0.4 is 5.73 Å². The van der Waals surface area contributed by atoms with Gasteiger partial charge in [-0.25, -0.2) is 0 Å². The van der Waals surface area contributed by atoms with E-state index >= 15 is 0 Å². The Morgan fingerprint density at radius 3 is 2.32 bits per heavy atom. The molecule has 3 rings (SSSR count). The summed E-state index contributed by atoms with van der Waals surface area (Å²) in [5.41, 5.74) is 8.21. The van der Waals surface area contributed by atoms with Gasteiger partial charge in [-0.3, -0.25) is 4.55 Å². The molecule has 8 heteroatoms. The predicted molar refractivity (Wildman–Crippen MR) is 106 cm³/mol. The summed E-state index contributed by atoms with van der Waals surface area (Å²) in [5.74, 6) is 0. The fourth-order valence-corrected chi connectivity index (χ4v) is 3.64. The van der Waals surface area contributed by atoms with Crippen LogP contribution >= 0.6 is 22.6 Å².